The summed E-state index contributed by atoms with van der Waals surface area (Å²) in [5, 5.41) is 10.9. The molecule has 1 saturated carbocycles. The number of anilines is 1. The fourth-order valence-electron chi connectivity index (χ4n) is 2.09. The molecule has 1 aliphatic carbocycles. The summed E-state index contributed by atoms with van der Waals surface area (Å²) in [5.41, 5.74) is 0. The second-order valence-corrected chi connectivity index (χ2v) is 5.66. The molecule has 92 valence electrons. The minimum Gasteiger partial charge on any atom is -0.372 e. The van der Waals surface area contributed by atoms with Crippen LogP contribution in [0.5, 0.6) is 0 Å². The number of hydrogen-bond donors (Lipinski definition) is 0. The summed E-state index contributed by atoms with van der Waals surface area (Å²) in [4.78, 5) is 2.29. The van der Waals surface area contributed by atoms with Crippen molar-refractivity contribution in [3.8, 4) is 0 Å². The van der Waals surface area contributed by atoms with Crippen molar-refractivity contribution in [3.63, 3.8) is 0 Å². The molecule has 4 nitrogen and oxygen atoms in total. The van der Waals surface area contributed by atoms with Crippen molar-refractivity contribution in [1.29, 1.82) is 0 Å². The van der Waals surface area contributed by atoms with Gasteiger partial charge in [-0.15, -0.1) is 16.8 Å². The van der Waals surface area contributed by atoms with Crippen LogP contribution in [0.15, 0.2) is 12.7 Å². The van der Waals surface area contributed by atoms with Crippen LogP contribution in [0.25, 0.3) is 0 Å². The van der Waals surface area contributed by atoms with Crippen LogP contribution < -0.4 is 4.90 Å². The Bertz CT molecular complexity index is 402. The van der Waals surface area contributed by atoms with Gasteiger partial charge in [0, 0.05) is 19.0 Å². The second-order valence-electron chi connectivity index (χ2n) is 4.68. The zero-order valence-corrected chi connectivity index (χ0v) is 10.7. The van der Waals surface area contributed by atoms with Gasteiger partial charge in [0.1, 0.15) is 5.01 Å². The molecule has 5 heteroatoms. The molecule has 1 unspecified atom stereocenters. The first-order valence-electron chi connectivity index (χ1n) is 6.17. The third kappa shape index (κ3) is 2.50. The van der Waals surface area contributed by atoms with Gasteiger partial charge in [0.25, 0.3) is 0 Å². The Labute approximate surface area is 105 Å². The highest BCUT2D eigenvalue weighted by Crippen LogP contribution is 2.42. The van der Waals surface area contributed by atoms with E-state index in [-0.39, 0.29) is 0 Å². The molecule has 2 heterocycles. The zero-order valence-electron chi connectivity index (χ0n) is 9.84. The van der Waals surface area contributed by atoms with Crippen molar-refractivity contribution < 1.29 is 4.74 Å². The van der Waals surface area contributed by atoms with Crippen LogP contribution in [0.4, 0.5) is 5.13 Å². The van der Waals surface area contributed by atoms with Crippen molar-refractivity contribution in [2.24, 2.45) is 0 Å². The molecule has 0 amide bonds. The molecular formula is C12H17N3OS. The molecule has 1 saturated heterocycles. The molecule has 0 radical (unpaired) electrons. The summed E-state index contributed by atoms with van der Waals surface area (Å²) < 4.78 is 5.67. The van der Waals surface area contributed by atoms with E-state index in [1.54, 1.807) is 17.4 Å². The van der Waals surface area contributed by atoms with Gasteiger partial charge in [0.15, 0.2) is 0 Å². The Morgan fingerprint density at radius 1 is 1.41 bits per heavy atom. The van der Waals surface area contributed by atoms with Crippen molar-refractivity contribution in [2.75, 3.05) is 24.6 Å². The van der Waals surface area contributed by atoms with E-state index in [4.69, 9.17) is 4.74 Å². The minimum atomic E-state index is 0.321. The van der Waals surface area contributed by atoms with Gasteiger partial charge in [0.2, 0.25) is 5.13 Å². The third-order valence-electron chi connectivity index (χ3n) is 3.22. The monoisotopic (exact) mass is 251 g/mol. The predicted molar refractivity (Wildman–Crippen MR) is 68.7 cm³/mol. The van der Waals surface area contributed by atoms with Gasteiger partial charge in [-0.05, 0) is 19.3 Å². The van der Waals surface area contributed by atoms with Crippen molar-refractivity contribution in [2.45, 2.75) is 31.3 Å². The van der Waals surface area contributed by atoms with Crippen LogP contribution in [-0.2, 0) is 4.74 Å². The molecule has 0 aromatic carbocycles. The highest BCUT2D eigenvalue weighted by molar-refractivity contribution is 7.15. The Hall–Kier alpha value is -0.940. The van der Waals surface area contributed by atoms with Gasteiger partial charge in [-0.25, -0.2) is 0 Å². The summed E-state index contributed by atoms with van der Waals surface area (Å²) in [5.74, 6) is 0.705. The van der Waals surface area contributed by atoms with Gasteiger partial charge in [-0.2, -0.15) is 0 Å². The van der Waals surface area contributed by atoms with Crippen molar-refractivity contribution >= 4 is 16.5 Å². The lowest BCUT2D eigenvalue weighted by atomic mass is 10.3. The fraction of sp³-hybridized carbons (Fsp3) is 0.667. The van der Waals surface area contributed by atoms with Gasteiger partial charge < -0.3 is 9.64 Å². The molecule has 0 bridgehead atoms. The minimum absolute atomic E-state index is 0.321. The summed E-state index contributed by atoms with van der Waals surface area (Å²) in [6.07, 6.45) is 5.78. The summed E-state index contributed by atoms with van der Waals surface area (Å²) >= 11 is 1.75. The first-order chi connectivity index (χ1) is 8.36. The third-order valence-corrected chi connectivity index (χ3v) is 4.37. The predicted octanol–water partition coefficient (Wildman–Crippen LogP) is 2.20. The molecule has 17 heavy (non-hydrogen) atoms. The smallest absolute Gasteiger partial charge is 0.208 e. The number of hydrogen-bond acceptors (Lipinski definition) is 5. The lowest BCUT2D eigenvalue weighted by molar-refractivity contribution is 0.0909. The van der Waals surface area contributed by atoms with Crippen molar-refractivity contribution in [1.82, 2.24) is 10.2 Å². The Morgan fingerprint density at radius 2 is 2.29 bits per heavy atom. The van der Waals surface area contributed by atoms with E-state index in [0.717, 1.165) is 24.6 Å². The first kappa shape index (κ1) is 11.2. The zero-order chi connectivity index (χ0) is 11.7. The number of ether oxygens (including phenoxy) is 1. The molecule has 1 aliphatic heterocycles. The topological polar surface area (TPSA) is 38.2 Å². The highest BCUT2D eigenvalue weighted by atomic mass is 32.1. The molecule has 1 aromatic heterocycles. The lowest BCUT2D eigenvalue weighted by Gasteiger charge is -2.13. The maximum absolute atomic E-state index is 5.67. The molecule has 1 aromatic rings. The average Bonchev–Trinajstić information content (AvgIpc) is 2.92. The van der Waals surface area contributed by atoms with E-state index in [9.17, 15) is 0 Å². The molecule has 2 aliphatic rings. The van der Waals surface area contributed by atoms with Gasteiger partial charge in [-0.1, -0.05) is 17.4 Å². The normalized spacial score (nSPS) is 24.2. The van der Waals surface area contributed by atoms with Crippen LogP contribution >= 0.6 is 11.3 Å². The maximum Gasteiger partial charge on any atom is 0.208 e. The maximum atomic E-state index is 5.67. The average molecular weight is 251 g/mol. The lowest BCUT2D eigenvalue weighted by Crippen LogP contribution is -2.22. The SMILES string of the molecule is C=CCOC1CCN(c2nnc(C3CC3)s2)C1. The van der Waals surface area contributed by atoms with Crippen LogP contribution in [-0.4, -0.2) is 36.0 Å². The summed E-state index contributed by atoms with van der Waals surface area (Å²) in [7, 11) is 0. The Morgan fingerprint density at radius 3 is 3.06 bits per heavy atom. The van der Waals surface area contributed by atoms with E-state index < -0.39 is 0 Å². The molecule has 3 rings (SSSR count). The van der Waals surface area contributed by atoms with E-state index >= 15 is 0 Å². The van der Waals surface area contributed by atoms with Crippen LogP contribution in [0.3, 0.4) is 0 Å². The van der Waals surface area contributed by atoms with Crippen molar-refractivity contribution in [3.05, 3.63) is 17.7 Å². The van der Waals surface area contributed by atoms with Crippen LogP contribution in [0.1, 0.15) is 30.2 Å². The molecular weight excluding hydrogens is 234 g/mol. The standard InChI is InChI=1S/C12H17N3OS/c1-2-7-16-10-5-6-15(8-10)12-14-13-11(17-12)9-3-4-9/h2,9-10H,1,3-8H2. The van der Waals surface area contributed by atoms with E-state index in [2.05, 4.69) is 21.7 Å². The number of rotatable bonds is 5. The first-order valence-corrected chi connectivity index (χ1v) is 6.99. The number of nitrogens with zero attached hydrogens (tertiary/aromatic N) is 3. The molecule has 0 N–H and O–H groups in total. The summed E-state index contributed by atoms with van der Waals surface area (Å²) in [6, 6.07) is 0. The Balaban J connectivity index is 1.58. The molecule has 1 atom stereocenters. The second kappa shape index (κ2) is 4.74. The number of aromatic nitrogens is 2. The van der Waals surface area contributed by atoms with E-state index in [1.165, 1.54) is 17.8 Å². The van der Waals surface area contributed by atoms with Gasteiger partial charge >= 0.3 is 0 Å². The van der Waals surface area contributed by atoms with E-state index in [1.807, 2.05) is 0 Å². The highest BCUT2D eigenvalue weighted by Gasteiger charge is 2.30. The fourth-order valence-corrected chi connectivity index (χ4v) is 3.14. The van der Waals surface area contributed by atoms with Gasteiger partial charge in [0.05, 0.1) is 12.7 Å². The molecule has 2 fully saturated rings. The van der Waals surface area contributed by atoms with Gasteiger partial charge in [-0.3, -0.25) is 0 Å². The molecule has 0 spiro atoms. The Kier molecular flexibility index (Phi) is 3.11. The van der Waals surface area contributed by atoms with E-state index in [0.29, 0.717) is 18.6 Å². The van der Waals surface area contributed by atoms with Crippen LogP contribution in [0, 0.1) is 0 Å². The summed E-state index contributed by atoms with van der Waals surface area (Å²) in [6.45, 7) is 6.28. The van der Waals surface area contributed by atoms with Crippen LogP contribution in [0.2, 0.25) is 0 Å². The quantitative estimate of drug-likeness (QED) is 0.752. The largest absolute Gasteiger partial charge is 0.372 e.